The molecule has 0 aliphatic carbocycles. The van der Waals surface area contributed by atoms with Crippen LogP contribution in [0.4, 0.5) is 28.4 Å². The second-order valence-corrected chi connectivity index (χ2v) is 14.4. The van der Waals surface area contributed by atoms with E-state index in [0.29, 0.717) is 11.1 Å². The number of rotatable bonds is 10. The van der Waals surface area contributed by atoms with Gasteiger partial charge in [0.05, 0.1) is 31.9 Å². The highest BCUT2D eigenvalue weighted by molar-refractivity contribution is 5.98. The predicted octanol–water partition coefficient (Wildman–Crippen LogP) is 6.70. The third-order valence-electron chi connectivity index (χ3n) is 7.93. The minimum atomic E-state index is -1.40. The average Bonchev–Trinajstić information content (AvgIpc) is 3.04. The third kappa shape index (κ3) is 11.4. The first kappa shape index (κ1) is 39.2. The molecule has 1 heterocycles. The molecule has 1 saturated heterocycles. The van der Waals surface area contributed by atoms with Gasteiger partial charge in [-0.15, -0.1) is 0 Å². The number of hydrogen-bond acceptors (Lipinski definition) is 7. The predicted molar refractivity (Wildman–Crippen MR) is 185 cm³/mol. The van der Waals surface area contributed by atoms with E-state index in [2.05, 4.69) is 10.6 Å². The van der Waals surface area contributed by atoms with E-state index in [1.807, 2.05) is 0 Å². The van der Waals surface area contributed by atoms with Crippen molar-refractivity contribution in [1.29, 1.82) is 0 Å². The molecule has 0 radical (unpaired) electrons. The van der Waals surface area contributed by atoms with Crippen molar-refractivity contribution in [3.63, 3.8) is 0 Å². The smallest absolute Gasteiger partial charge is 0.410 e. The van der Waals surface area contributed by atoms with Gasteiger partial charge in [-0.2, -0.15) is 0 Å². The molecular weight excluding hydrogens is 667 g/mol. The van der Waals surface area contributed by atoms with Crippen molar-refractivity contribution in [1.82, 2.24) is 10.2 Å². The van der Waals surface area contributed by atoms with Crippen LogP contribution in [0.5, 0.6) is 0 Å². The van der Waals surface area contributed by atoms with Crippen LogP contribution in [0.3, 0.4) is 0 Å². The molecule has 3 N–H and O–H groups in total. The molecule has 13 heteroatoms. The van der Waals surface area contributed by atoms with Crippen molar-refractivity contribution in [3.05, 3.63) is 101 Å². The Balaban J connectivity index is 1.64. The number of ether oxygens (including phenoxy) is 3. The lowest BCUT2D eigenvalue weighted by Gasteiger charge is -2.38. The molecule has 1 fully saturated rings. The van der Waals surface area contributed by atoms with Crippen LogP contribution in [0, 0.1) is 17.5 Å². The van der Waals surface area contributed by atoms with Crippen molar-refractivity contribution >= 4 is 23.8 Å². The molecule has 1 aliphatic heterocycles. The maximum atomic E-state index is 15.5. The molecule has 0 bridgehead atoms. The lowest BCUT2D eigenvalue weighted by Crippen LogP contribution is -2.52. The van der Waals surface area contributed by atoms with Gasteiger partial charge in [-0.1, -0.05) is 30.3 Å². The van der Waals surface area contributed by atoms with Gasteiger partial charge in [-0.3, -0.25) is 4.79 Å². The summed E-state index contributed by atoms with van der Waals surface area (Å²) >= 11 is 0. The molecule has 0 spiro atoms. The van der Waals surface area contributed by atoms with Crippen LogP contribution < -0.4 is 10.6 Å². The maximum Gasteiger partial charge on any atom is 0.410 e. The summed E-state index contributed by atoms with van der Waals surface area (Å²) in [7, 11) is 0. The molecule has 0 saturated carbocycles. The van der Waals surface area contributed by atoms with E-state index >= 15 is 4.39 Å². The van der Waals surface area contributed by atoms with Gasteiger partial charge in [0.1, 0.15) is 34.7 Å². The van der Waals surface area contributed by atoms with Crippen molar-refractivity contribution < 1.29 is 46.9 Å². The Kier molecular flexibility index (Phi) is 12.7. The summed E-state index contributed by atoms with van der Waals surface area (Å²) in [6.07, 6.45) is -2.46. The lowest BCUT2D eigenvalue weighted by atomic mass is 9.84. The summed E-state index contributed by atoms with van der Waals surface area (Å²) in [5.41, 5.74) is -0.533. The minimum Gasteiger partial charge on any atom is -0.444 e. The molecule has 10 nitrogen and oxygen atoms in total. The first-order valence-corrected chi connectivity index (χ1v) is 16.8. The van der Waals surface area contributed by atoms with Crippen molar-refractivity contribution in [3.8, 4) is 0 Å². The topological polar surface area (TPSA) is 126 Å². The van der Waals surface area contributed by atoms with Crippen LogP contribution in [0.25, 0.3) is 0 Å². The molecule has 3 atom stereocenters. The summed E-state index contributed by atoms with van der Waals surface area (Å²) in [5.74, 6) is -3.37. The molecule has 276 valence electrons. The highest BCUT2D eigenvalue weighted by Crippen LogP contribution is 2.31. The largest absolute Gasteiger partial charge is 0.444 e. The van der Waals surface area contributed by atoms with Gasteiger partial charge >= 0.3 is 12.2 Å². The van der Waals surface area contributed by atoms with Crippen LogP contribution >= 0.6 is 0 Å². The highest BCUT2D eigenvalue weighted by atomic mass is 19.1. The van der Waals surface area contributed by atoms with Crippen molar-refractivity contribution in [2.24, 2.45) is 0 Å². The molecule has 51 heavy (non-hydrogen) atoms. The van der Waals surface area contributed by atoms with Crippen LogP contribution in [0.1, 0.15) is 70.6 Å². The number of aliphatic hydroxyl groups is 1. The first-order chi connectivity index (χ1) is 23.9. The molecule has 0 unspecified atom stereocenters. The number of nitrogens with zero attached hydrogens (tertiary/aromatic N) is 1. The van der Waals surface area contributed by atoms with E-state index < -0.39 is 70.9 Å². The second-order valence-electron chi connectivity index (χ2n) is 14.4. The minimum absolute atomic E-state index is 0.0662. The number of anilines is 1. The zero-order valence-electron chi connectivity index (χ0n) is 29.7. The number of aliphatic hydroxyl groups excluding tert-OH is 1. The summed E-state index contributed by atoms with van der Waals surface area (Å²) in [5, 5.41) is 15.2. The van der Waals surface area contributed by atoms with Gasteiger partial charge in [0.25, 0.3) is 0 Å². The number of nitrogens with one attached hydrogen (secondary N) is 2. The van der Waals surface area contributed by atoms with Crippen molar-refractivity contribution in [2.45, 2.75) is 89.8 Å². The van der Waals surface area contributed by atoms with Crippen molar-refractivity contribution in [2.75, 3.05) is 25.0 Å². The monoisotopic (exact) mass is 713 g/mol. The number of carbonyl (C=O) groups is 3. The van der Waals surface area contributed by atoms with Crippen LogP contribution in [0.15, 0.2) is 66.7 Å². The Bertz CT molecular complexity index is 1610. The molecule has 1 aliphatic rings. The number of halogens is 3. The third-order valence-corrected chi connectivity index (χ3v) is 7.93. The normalized spacial score (nSPS) is 17.1. The number of benzene rings is 3. The Labute approximate surface area is 296 Å². The van der Waals surface area contributed by atoms with Gasteiger partial charge in [-0.25, -0.2) is 22.8 Å². The standard InChI is InChI=1S/C38H46F3N3O7/c1-37(2,3)50-35(47)43-33(32(23-10-14-25(39)15-11-23)24-12-16-26(40)17-13-24)34(46)42-31-9-7-8-30(41)29(31)19-18-27-20-44(21-28(22-45)49-27)36(48)51-38(4,5)6/h7-17,27-28,32-33,45H,18-22H2,1-6H3,(H,42,46)(H,43,47)/t27-,28+,33+/m1/s1. The van der Waals surface area contributed by atoms with E-state index in [1.165, 1.54) is 71.6 Å². The van der Waals surface area contributed by atoms with Crippen LogP contribution in [0.2, 0.25) is 0 Å². The molecule has 3 amide bonds. The fourth-order valence-corrected chi connectivity index (χ4v) is 5.76. The Morgan fingerprint density at radius 3 is 1.92 bits per heavy atom. The Morgan fingerprint density at radius 1 is 0.843 bits per heavy atom. The Hall–Kier alpha value is -4.62. The van der Waals surface area contributed by atoms with Gasteiger partial charge < -0.3 is 34.9 Å². The van der Waals surface area contributed by atoms with E-state index in [-0.39, 0.29) is 43.8 Å². The highest BCUT2D eigenvalue weighted by Gasteiger charge is 2.36. The summed E-state index contributed by atoms with van der Waals surface area (Å²) in [6.45, 7) is 10.1. The van der Waals surface area contributed by atoms with Gasteiger partial charge in [0, 0.05) is 17.2 Å². The number of alkyl carbamates (subject to hydrolysis) is 1. The van der Waals surface area contributed by atoms with Gasteiger partial charge in [0.15, 0.2) is 0 Å². The zero-order valence-corrected chi connectivity index (χ0v) is 29.7. The summed E-state index contributed by atoms with van der Waals surface area (Å²) < 4.78 is 60.4. The SMILES string of the molecule is CC(C)(C)OC(=O)N[C@H](C(=O)Nc1cccc(F)c1CC[C@@H]1CN(C(=O)OC(C)(C)C)C[C@@H](CO)O1)C(c1ccc(F)cc1)c1ccc(F)cc1. The van der Waals surface area contributed by atoms with E-state index in [1.54, 1.807) is 41.5 Å². The molecule has 4 rings (SSSR count). The lowest BCUT2D eigenvalue weighted by molar-refractivity contribution is -0.118. The number of morpholine rings is 1. The van der Waals surface area contributed by atoms with Crippen LogP contribution in [-0.4, -0.2) is 77.2 Å². The Morgan fingerprint density at radius 2 is 1.39 bits per heavy atom. The number of carbonyl (C=O) groups excluding carboxylic acids is 3. The summed E-state index contributed by atoms with van der Waals surface area (Å²) in [6, 6.07) is 13.4. The number of amides is 3. The molecule has 3 aromatic rings. The van der Waals surface area contributed by atoms with E-state index in [4.69, 9.17) is 14.2 Å². The molecular formula is C38H46F3N3O7. The zero-order chi connectivity index (χ0) is 37.5. The van der Waals surface area contributed by atoms with E-state index in [9.17, 15) is 28.3 Å². The fourth-order valence-electron chi connectivity index (χ4n) is 5.76. The van der Waals surface area contributed by atoms with Gasteiger partial charge in [-0.05, 0) is 102 Å². The number of hydrogen-bond donors (Lipinski definition) is 3. The van der Waals surface area contributed by atoms with E-state index in [0.717, 1.165) is 0 Å². The second kappa shape index (κ2) is 16.6. The quantitative estimate of drug-likeness (QED) is 0.214. The molecule has 3 aromatic carbocycles. The fraction of sp³-hybridized carbons (Fsp3) is 0.447. The first-order valence-electron chi connectivity index (χ1n) is 16.8. The maximum absolute atomic E-state index is 15.5. The summed E-state index contributed by atoms with van der Waals surface area (Å²) in [4.78, 5) is 41.7. The van der Waals surface area contributed by atoms with Crippen LogP contribution in [-0.2, 0) is 25.4 Å². The average molecular weight is 714 g/mol. The molecule has 0 aromatic heterocycles. The van der Waals surface area contributed by atoms with Gasteiger partial charge in [0.2, 0.25) is 5.91 Å².